The van der Waals surface area contributed by atoms with E-state index in [0.717, 1.165) is 11.3 Å². The molecule has 0 aliphatic heterocycles. The number of hydrogen-bond acceptors (Lipinski definition) is 2. The molecule has 21 heavy (non-hydrogen) atoms. The third-order valence-electron chi connectivity index (χ3n) is 2.65. The second-order valence-corrected chi connectivity index (χ2v) is 5.08. The van der Waals surface area contributed by atoms with E-state index in [1.807, 2.05) is 42.5 Å². The average Bonchev–Trinajstić information content (AvgIpc) is 2.41. The number of rotatable bonds is 6. The molecule has 0 aliphatic carbocycles. The van der Waals surface area contributed by atoms with Gasteiger partial charge < -0.3 is 16.1 Å². The molecule has 0 bridgehead atoms. The molecule has 4 nitrogen and oxygen atoms in total. The summed E-state index contributed by atoms with van der Waals surface area (Å²) in [6.07, 6.45) is 0.0869. The van der Waals surface area contributed by atoms with E-state index in [1.54, 1.807) is 11.6 Å². The maximum absolute atomic E-state index is 10.6. The Morgan fingerprint density at radius 2 is 1.52 bits per heavy atom. The van der Waals surface area contributed by atoms with Crippen LogP contribution in [-0.4, -0.2) is 28.6 Å². The number of benzene rings is 2. The number of carbonyl (C=O) groups is 1. The average molecular weight is 305 g/mol. The van der Waals surface area contributed by atoms with Crippen molar-refractivity contribution < 1.29 is 20.9 Å². The van der Waals surface area contributed by atoms with Crippen LogP contribution >= 0.6 is 11.6 Å². The fourth-order valence-corrected chi connectivity index (χ4v) is 2.51. The van der Waals surface area contributed by atoms with E-state index in [9.17, 15) is 4.79 Å². The van der Waals surface area contributed by atoms with Crippen LogP contribution in [0.25, 0.3) is 0 Å². The molecule has 0 aliphatic rings. The molecule has 2 rings (SSSR count). The SMILES string of the molecule is O.O.O=C(O)Cc1ccc(CS[B]c2ccccc2)cc1. The predicted molar refractivity (Wildman–Crippen MR) is 88.1 cm³/mol. The van der Waals surface area contributed by atoms with Gasteiger partial charge in [-0.3, -0.25) is 4.79 Å². The molecule has 2 aromatic rings. The monoisotopic (exact) mass is 305 g/mol. The molecule has 0 heterocycles. The maximum atomic E-state index is 10.6. The van der Waals surface area contributed by atoms with Gasteiger partial charge in [-0.25, -0.2) is 11.6 Å². The van der Waals surface area contributed by atoms with Crippen molar-refractivity contribution in [2.75, 3.05) is 0 Å². The molecule has 6 heteroatoms. The van der Waals surface area contributed by atoms with Gasteiger partial charge in [0.05, 0.1) is 6.42 Å². The minimum absolute atomic E-state index is 0. The Hall–Kier alpha value is -1.76. The molecule has 0 atom stereocenters. The quantitative estimate of drug-likeness (QED) is 0.800. The van der Waals surface area contributed by atoms with E-state index in [4.69, 9.17) is 5.11 Å². The predicted octanol–water partition coefficient (Wildman–Crippen LogP) is 0.842. The molecular formula is C15H18BO4S. The van der Waals surface area contributed by atoms with Gasteiger partial charge in [0.15, 0.2) is 0 Å². The van der Waals surface area contributed by atoms with E-state index in [1.165, 1.54) is 11.0 Å². The normalized spacial score (nSPS) is 9.14. The van der Waals surface area contributed by atoms with Crippen LogP contribution in [0, 0.1) is 0 Å². The minimum atomic E-state index is -0.792. The van der Waals surface area contributed by atoms with Crippen LogP contribution in [0.1, 0.15) is 11.1 Å². The van der Waals surface area contributed by atoms with E-state index in [0.29, 0.717) is 0 Å². The molecular weight excluding hydrogens is 287 g/mol. The Balaban J connectivity index is 0.00000200. The molecule has 0 saturated carbocycles. The lowest BCUT2D eigenvalue weighted by molar-refractivity contribution is -0.136. The Morgan fingerprint density at radius 3 is 2.10 bits per heavy atom. The van der Waals surface area contributed by atoms with Gasteiger partial charge in [-0.1, -0.05) is 60.1 Å². The van der Waals surface area contributed by atoms with Crippen molar-refractivity contribution in [3.8, 4) is 0 Å². The summed E-state index contributed by atoms with van der Waals surface area (Å²) in [7, 11) is 0. The van der Waals surface area contributed by atoms with Gasteiger partial charge in [0.25, 0.3) is 0 Å². The fourth-order valence-electron chi connectivity index (χ4n) is 1.69. The second-order valence-electron chi connectivity index (χ2n) is 4.23. The summed E-state index contributed by atoms with van der Waals surface area (Å²) >= 11 is 1.74. The molecule has 5 N–H and O–H groups in total. The summed E-state index contributed by atoms with van der Waals surface area (Å²) in [4.78, 5) is 10.6. The minimum Gasteiger partial charge on any atom is -0.481 e. The van der Waals surface area contributed by atoms with Crippen molar-refractivity contribution in [3.05, 3.63) is 65.7 Å². The van der Waals surface area contributed by atoms with Gasteiger partial charge in [-0.15, -0.1) is 0 Å². The van der Waals surface area contributed by atoms with Crippen LogP contribution < -0.4 is 5.46 Å². The standard InChI is InChI=1S/C15H14BO2S.2H2O/c17-15(18)10-12-6-8-13(9-7-12)11-19-16-14-4-2-1-3-5-14;;/h1-9H,10-11H2,(H,17,18);2*1H2. The lowest BCUT2D eigenvalue weighted by Crippen LogP contribution is -2.09. The van der Waals surface area contributed by atoms with Gasteiger partial charge in [0.1, 0.15) is 0 Å². The van der Waals surface area contributed by atoms with Gasteiger partial charge in [0.2, 0.25) is 6.56 Å². The summed E-state index contributed by atoms with van der Waals surface area (Å²) in [5.74, 6) is 0.0990. The Kier molecular flexibility index (Phi) is 9.20. The zero-order valence-electron chi connectivity index (χ0n) is 11.5. The molecule has 2 aromatic carbocycles. The number of carboxylic acids is 1. The second kappa shape index (κ2) is 10.0. The fraction of sp³-hybridized carbons (Fsp3) is 0.133. The highest BCUT2D eigenvalue weighted by Gasteiger charge is 2.01. The van der Waals surface area contributed by atoms with Crippen molar-refractivity contribution in [3.63, 3.8) is 0 Å². The molecule has 1 radical (unpaired) electrons. The van der Waals surface area contributed by atoms with Crippen LogP contribution in [0.5, 0.6) is 0 Å². The first-order chi connectivity index (χ1) is 9.24. The zero-order valence-corrected chi connectivity index (χ0v) is 12.3. The van der Waals surface area contributed by atoms with Gasteiger partial charge >= 0.3 is 5.97 Å². The maximum Gasteiger partial charge on any atom is 0.307 e. The number of aliphatic carboxylic acids is 1. The summed E-state index contributed by atoms with van der Waals surface area (Å²) in [6.45, 7) is 2.13. The lowest BCUT2D eigenvalue weighted by atomic mass is 9.95. The molecule has 0 spiro atoms. The van der Waals surface area contributed by atoms with Crippen LogP contribution in [0.2, 0.25) is 0 Å². The van der Waals surface area contributed by atoms with E-state index >= 15 is 0 Å². The molecule has 0 aromatic heterocycles. The lowest BCUT2D eigenvalue weighted by Gasteiger charge is -2.03. The molecule has 0 unspecified atom stereocenters. The van der Waals surface area contributed by atoms with E-state index < -0.39 is 5.97 Å². The van der Waals surface area contributed by atoms with Crippen molar-refractivity contribution >= 4 is 29.6 Å². The van der Waals surface area contributed by atoms with Crippen LogP contribution in [-0.2, 0) is 17.0 Å². The summed E-state index contributed by atoms with van der Waals surface area (Å²) in [5.41, 5.74) is 3.25. The largest absolute Gasteiger partial charge is 0.481 e. The highest BCUT2D eigenvalue weighted by molar-refractivity contribution is 8.22. The molecule has 0 fully saturated rings. The van der Waals surface area contributed by atoms with Crippen LogP contribution in [0.15, 0.2) is 54.6 Å². The van der Waals surface area contributed by atoms with Crippen molar-refractivity contribution in [2.45, 2.75) is 12.2 Å². The van der Waals surface area contributed by atoms with E-state index in [2.05, 4.69) is 18.7 Å². The Bertz CT molecular complexity index is 531. The Labute approximate surface area is 129 Å². The van der Waals surface area contributed by atoms with Crippen molar-refractivity contribution in [1.82, 2.24) is 0 Å². The summed E-state index contributed by atoms with van der Waals surface area (Å²) < 4.78 is 0. The van der Waals surface area contributed by atoms with E-state index in [-0.39, 0.29) is 17.4 Å². The first kappa shape index (κ1) is 19.2. The topological polar surface area (TPSA) is 100 Å². The summed E-state index contributed by atoms with van der Waals surface area (Å²) in [5, 5.41) is 8.69. The molecule has 0 amide bonds. The van der Waals surface area contributed by atoms with Crippen LogP contribution in [0.3, 0.4) is 0 Å². The molecule has 111 valence electrons. The van der Waals surface area contributed by atoms with Gasteiger partial charge in [0, 0.05) is 5.75 Å². The molecule has 0 saturated heterocycles. The first-order valence-electron chi connectivity index (χ1n) is 6.03. The third-order valence-corrected chi connectivity index (χ3v) is 3.59. The highest BCUT2D eigenvalue weighted by atomic mass is 32.2. The van der Waals surface area contributed by atoms with Gasteiger partial charge in [-0.2, -0.15) is 0 Å². The summed E-state index contributed by atoms with van der Waals surface area (Å²) in [6, 6.07) is 17.9. The van der Waals surface area contributed by atoms with Gasteiger partial charge in [-0.05, 0) is 11.1 Å². The third kappa shape index (κ3) is 6.99. The van der Waals surface area contributed by atoms with Crippen molar-refractivity contribution in [2.24, 2.45) is 0 Å². The van der Waals surface area contributed by atoms with Crippen LogP contribution in [0.4, 0.5) is 0 Å². The van der Waals surface area contributed by atoms with Crippen molar-refractivity contribution in [1.29, 1.82) is 0 Å². The highest BCUT2D eigenvalue weighted by Crippen LogP contribution is 2.12. The Morgan fingerprint density at radius 1 is 0.952 bits per heavy atom. The number of carboxylic acid groups (broad SMARTS) is 1. The zero-order chi connectivity index (χ0) is 13.5. The smallest absolute Gasteiger partial charge is 0.307 e. The number of hydrogen-bond donors (Lipinski definition) is 1. The first-order valence-corrected chi connectivity index (χ1v) is 7.08.